The van der Waals surface area contributed by atoms with Crippen molar-refractivity contribution in [1.29, 1.82) is 0 Å². The normalized spacial score (nSPS) is 15.6. The number of hydrogen-bond donors (Lipinski definition) is 2. The Balaban J connectivity index is 3.80. The molecule has 0 fully saturated rings. The molecule has 0 aromatic carbocycles. The number of aliphatic hydroxyl groups is 2. The van der Waals surface area contributed by atoms with Gasteiger partial charge in [0.2, 0.25) is 0 Å². The summed E-state index contributed by atoms with van der Waals surface area (Å²) in [7, 11) is 0. The van der Waals surface area contributed by atoms with Crippen molar-refractivity contribution >= 4 is 11.6 Å². The lowest BCUT2D eigenvalue weighted by Crippen LogP contribution is -2.22. The van der Waals surface area contributed by atoms with Crippen LogP contribution in [-0.2, 0) is 0 Å². The molecule has 0 saturated heterocycles. The Labute approximate surface area is 59.5 Å². The monoisotopic (exact) mass is 148 g/mol. The second-order valence-electron chi connectivity index (χ2n) is 1.97. The average molecular weight is 149 g/mol. The highest BCUT2D eigenvalue weighted by molar-refractivity contribution is 6.30. The predicted octanol–water partition coefficient (Wildman–Crippen LogP) is 0.319. The van der Waals surface area contributed by atoms with E-state index in [-0.39, 0.29) is 13.0 Å². The maximum absolute atomic E-state index is 9.10. The van der Waals surface area contributed by atoms with Crippen LogP contribution in [-0.4, -0.2) is 22.4 Å². The van der Waals surface area contributed by atoms with Crippen LogP contribution >= 0.6 is 11.6 Å². The fourth-order valence-electron chi connectivity index (χ4n) is 0.382. The maximum atomic E-state index is 9.10. The zero-order valence-electron chi connectivity index (χ0n) is 5.19. The molecule has 9 heavy (non-hydrogen) atoms. The number of hydrogen-bond acceptors (Lipinski definition) is 2. The van der Waals surface area contributed by atoms with Crippen molar-refractivity contribution < 1.29 is 10.2 Å². The second kappa shape index (κ2) is 3.73. The summed E-state index contributed by atoms with van der Waals surface area (Å²) in [6.45, 7) is 1.41. The first-order valence-electron chi connectivity index (χ1n) is 2.58. The van der Waals surface area contributed by atoms with E-state index in [0.717, 1.165) is 0 Å². The third-order valence-electron chi connectivity index (χ3n) is 0.915. The summed E-state index contributed by atoms with van der Waals surface area (Å²) < 4.78 is 0. The highest BCUT2D eigenvalue weighted by atomic mass is 35.5. The van der Waals surface area contributed by atoms with Crippen LogP contribution in [0.5, 0.6) is 0 Å². The molecule has 52 valence electrons. The Morgan fingerprint density at radius 2 is 2.22 bits per heavy atom. The topological polar surface area (TPSA) is 40.5 Å². The quantitative estimate of drug-likeness (QED) is 0.554. The summed E-state index contributed by atoms with van der Waals surface area (Å²) in [5.41, 5.74) is -1.14. The molecule has 1 atom stereocenters. The Hall–Kier alpha value is -0.230. The standard InChI is InChI=1S/C6H9ClO2/c1-6(9,2-4-7)3-5-8/h8-9H,3,5H2,1H3. The first-order valence-corrected chi connectivity index (χ1v) is 2.96. The van der Waals surface area contributed by atoms with Crippen LogP contribution in [0.25, 0.3) is 0 Å². The molecular formula is C6H9ClO2. The van der Waals surface area contributed by atoms with E-state index in [1.807, 2.05) is 0 Å². The first kappa shape index (κ1) is 8.77. The van der Waals surface area contributed by atoms with Crippen molar-refractivity contribution in [3.63, 3.8) is 0 Å². The third kappa shape index (κ3) is 4.28. The van der Waals surface area contributed by atoms with Gasteiger partial charge in [0.15, 0.2) is 0 Å². The van der Waals surface area contributed by atoms with E-state index in [0.29, 0.717) is 0 Å². The molecule has 2 nitrogen and oxygen atoms in total. The van der Waals surface area contributed by atoms with Gasteiger partial charge in [0, 0.05) is 18.4 Å². The summed E-state index contributed by atoms with van der Waals surface area (Å²) in [4.78, 5) is 0. The van der Waals surface area contributed by atoms with E-state index >= 15 is 0 Å². The number of aliphatic hydroxyl groups excluding tert-OH is 1. The van der Waals surface area contributed by atoms with Gasteiger partial charge in [-0.2, -0.15) is 0 Å². The van der Waals surface area contributed by atoms with Crippen molar-refractivity contribution in [3.8, 4) is 11.3 Å². The number of rotatable bonds is 2. The highest BCUT2D eigenvalue weighted by Crippen LogP contribution is 2.05. The molecule has 0 radical (unpaired) electrons. The van der Waals surface area contributed by atoms with Crippen molar-refractivity contribution in [2.45, 2.75) is 18.9 Å². The average Bonchev–Trinajstić information content (AvgIpc) is 1.64. The van der Waals surface area contributed by atoms with E-state index < -0.39 is 5.60 Å². The van der Waals surface area contributed by atoms with Gasteiger partial charge in [-0.15, -0.1) is 0 Å². The van der Waals surface area contributed by atoms with Crippen LogP contribution in [0.2, 0.25) is 0 Å². The third-order valence-corrected chi connectivity index (χ3v) is 1.01. The van der Waals surface area contributed by atoms with E-state index in [1.54, 1.807) is 0 Å². The Morgan fingerprint density at radius 1 is 1.67 bits per heavy atom. The minimum absolute atomic E-state index is 0.0848. The zero-order chi connectivity index (χ0) is 7.33. The minimum atomic E-state index is -1.14. The Kier molecular flexibility index (Phi) is 3.64. The van der Waals surface area contributed by atoms with Crippen LogP contribution in [0, 0.1) is 11.3 Å². The SMILES string of the molecule is CC(O)(C#CCl)CCO. The minimum Gasteiger partial charge on any atom is -0.396 e. The molecule has 0 aromatic heterocycles. The lowest BCUT2D eigenvalue weighted by molar-refractivity contribution is 0.0878. The zero-order valence-corrected chi connectivity index (χ0v) is 5.94. The Morgan fingerprint density at radius 3 is 2.56 bits per heavy atom. The Bertz CT molecular complexity index is 132. The van der Waals surface area contributed by atoms with E-state index in [1.165, 1.54) is 6.92 Å². The molecule has 0 spiro atoms. The summed E-state index contributed by atoms with van der Waals surface area (Å²) in [5, 5.41) is 19.5. The largest absolute Gasteiger partial charge is 0.396 e. The molecule has 0 aliphatic heterocycles. The van der Waals surface area contributed by atoms with Crippen LogP contribution in [0.1, 0.15) is 13.3 Å². The van der Waals surface area contributed by atoms with Crippen molar-refractivity contribution in [3.05, 3.63) is 0 Å². The molecule has 0 aliphatic carbocycles. The van der Waals surface area contributed by atoms with E-state index in [9.17, 15) is 0 Å². The fourth-order valence-corrected chi connectivity index (χ4v) is 0.586. The second-order valence-corrected chi connectivity index (χ2v) is 2.16. The lowest BCUT2D eigenvalue weighted by atomic mass is 10.1. The summed E-state index contributed by atoms with van der Waals surface area (Å²) in [5.74, 6) is 2.33. The van der Waals surface area contributed by atoms with Gasteiger partial charge in [0.25, 0.3) is 0 Å². The molecule has 0 aliphatic rings. The van der Waals surface area contributed by atoms with Crippen molar-refractivity contribution in [1.82, 2.24) is 0 Å². The molecule has 1 unspecified atom stereocenters. The summed E-state index contributed by atoms with van der Waals surface area (Å²) >= 11 is 5.02. The van der Waals surface area contributed by atoms with Gasteiger partial charge in [-0.05, 0) is 18.5 Å². The molecule has 0 heterocycles. The molecule has 0 aromatic rings. The molecule has 3 heteroatoms. The van der Waals surface area contributed by atoms with Gasteiger partial charge < -0.3 is 10.2 Å². The van der Waals surface area contributed by atoms with E-state index in [2.05, 4.69) is 11.3 Å². The molecule has 0 bridgehead atoms. The van der Waals surface area contributed by atoms with Crippen LogP contribution in [0.4, 0.5) is 0 Å². The van der Waals surface area contributed by atoms with Gasteiger partial charge in [0.1, 0.15) is 5.60 Å². The number of halogens is 1. The van der Waals surface area contributed by atoms with Crippen LogP contribution in [0.3, 0.4) is 0 Å². The van der Waals surface area contributed by atoms with Crippen molar-refractivity contribution in [2.24, 2.45) is 0 Å². The van der Waals surface area contributed by atoms with Crippen LogP contribution < -0.4 is 0 Å². The van der Waals surface area contributed by atoms with Gasteiger partial charge in [-0.3, -0.25) is 0 Å². The molecular weight excluding hydrogens is 140 g/mol. The summed E-state index contributed by atoms with van der Waals surface area (Å²) in [6.07, 6.45) is 0.229. The predicted molar refractivity (Wildman–Crippen MR) is 36.0 cm³/mol. The fraction of sp³-hybridized carbons (Fsp3) is 0.667. The van der Waals surface area contributed by atoms with Gasteiger partial charge in [0.05, 0.1) is 0 Å². The first-order chi connectivity index (χ1) is 4.12. The molecule has 0 rings (SSSR count). The summed E-state index contributed by atoms with van der Waals surface area (Å²) in [6, 6.07) is 0. The lowest BCUT2D eigenvalue weighted by Gasteiger charge is -2.12. The molecule has 0 amide bonds. The smallest absolute Gasteiger partial charge is 0.126 e. The maximum Gasteiger partial charge on any atom is 0.126 e. The molecule has 2 N–H and O–H groups in total. The van der Waals surface area contributed by atoms with Gasteiger partial charge in [-0.25, -0.2) is 0 Å². The van der Waals surface area contributed by atoms with Crippen LogP contribution in [0.15, 0.2) is 0 Å². The van der Waals surface area contributed by atoms with Crippen molar-refractivity contribution in [2.75, 3.05) is 6.61 Å². The van der Waals surface area contributed by atoms with E-state index in [4.69, 9.17) is 21.8 Å². The van der Waals surface area contributed by atoms with Gasteiger partial charge in [-0.1, -0.05) is 5.92 Å². The van der Waals surface area contributed by atoms with Gasteiger partial charge >= 0.3 is 0 Å². The molecule has 0 saturated carbocycles. The highest BCUT2D eigenvalue weighted by Gasteiger charge is 2.14.